The van der Waals surface area contributed by atoms with Gasteiger partial charge in [-0.05, 0) is 43.0 Å². The van der Waals surface area contributed by atoms with Crippen LogP contribution in [0.2, 0.25) is 0 Å². The molecule has 0 aromatic heterocycles. The minimum absolute atomic E-state index is 0.0116. The van der Waals surface area contributed by atoms with Gasteiger partial charge in [0, 0.05) is 32.9 Å². The third-order valence-corrected chi connectivity index (χ3v) is 5.71. The summed E-state index contributed by atoms with van der Waals surface area (Å²) in [6, 6.07) is 13.6. The molecule has 0 amide bonds. The highest BCUT2D eigenvalue weighted by Crippen LogP contribution is 2.15. The van der Waals surface area contributed by atoms with Crippen LogP contribution in [-0.4, -0.2) is 36.7 Å². The van der Waals surface area contributed by atoms with Crippen LogP contribution in [0.4, 0.5) is 0 Å². The molecule has 2 rings (SSSR count). The van der Waals surface area contributed by atoms with E-state index < -0.39 is 11.9 Å². The number of halogens is 2. The lowest BCUT2D eigenvalue weighted by molar-refractivity contribution is -0.143. The highest BCUT2D eigenvalue weighted by atomic mass is 79.9. The van der Waals surface area contributed by atoms with Crippen LogP contribution in [0.3, 0.4) is 0 Å². The van der Waals surface area contributed by atoms with Gasteiger partial charge < -0.3 is 9.47 Å². The van der Waals surface area contributed by atoms with Crippen LogP contribution < -0.4 is 0 Å². The van der Waals surface area contributed by atoms with Gasteiger partial charge >= 0.3 is 11.9 Å². The first kappa shape index (κ1) is 25.9. The summed E-state index contributed by atoms with van der Waals surface area (Å²) >= 11 is 6.59. The number of esters is 2. The zero-order chi connectivity index (χ0) is 23.5. The first-order valence-corrected chi connectivity index (χ1v) is 11.7. The Hall–Kier alpha value is -2.32. The van der Waals surface area contributed by atoms with Crippen LogP contribution in [-0.2, 0) is 19.1 Å². The number of Topliss-reactive ketones (excluding diaryl/α,β-unsaturated/α-hetero) is 2. The van der Waals surface area contributed by atoms with Crippen LogP contribution in [0.15, 0.2) is 57.5 Å². The predicted octanol–water partition coefficient (Wildman–Crippen LogP) is 5.56. The molecule has 2 aromatic rings. The summed E-state index contributed by atoms with van der Waals surface area (Å²) in [5.41, 5.74) is 0.956. The first-order valence-electron chi connectivity index (χ1n) is 10.1. The van der Waals surface area contributed by atoms with Crippen LogP contribution >= 0.6 is 31.9 Å². The van der Waals surface area contributed by atoms with E-state index in [2.05, 4.69) is 31.9 Å². The van der Waals surface area contributed by atoms with Crippen LogP contribution in [0.25, 0.3) is 0 Å². The lowest BCUT2D eigenvalue weighted by Crippen LogP contribution is -2.16. The Morgan fingerprint density at radius 3 is 1.66 bits per heavy atom. The smallest absolute Gasteiger partial charge is 0.306 e. The van der Waals surface area contributed by atoms with Crippen molar-refractivity contribution in [1.82, 2.24) is 0 Å². The number of benzene rings is 2. The van der Waals surface area contributed by atoms with Gasteiger partial charge in [0.2, 0.25) is 0 Å². The molecule has 2 aromatic carbocycles. The molecule has 0 saturated heterocycles. The molecule has 0 bridgehead atoms. The third kappa shape index (κ3) is 9.44. The van der Waals surface area contributed by atoms with Gasteiger partial charge in [-0.15, -0.1) is 0 Å². The van der Waals surface area contributed by atoms with Crippen LogP contribution in [0.1, 0.15) is 53.3 Å². The Kier molecular flexibility index (Phi) is 10.8. The van der Waals surface area contributed by atoms with Crippen molar-refractivity contribution in [2.24, 2.45) is 5.92 Å². The molecule has 0 N–H and O–H groups in total. The molecule has 170 valence electrons. The molecular formula is C24H24Br2O6. The number of carbonyl (C=O) groups excluding carboxylic acids is 4. The molecule has 0 heterocycles. The van der Waals surface area contributed by atoms with E-state index in [1.54, 1.807) is 48.5 Å². The number of rotatable bonds is 12. The molecule has 0 spiro atoms. The second-order valence-electron chi connectivity index (χ2n) is 7.38. The van der Waals surface area contributed by atoms with Gasteiger partial charge in [-0.1, -0.05) is 63.0 Å². The zero-order valence-electron chi connectivity index (χ0n) is 17.6. The first-order chi connectivity index (χ1) is 15.2. The maximum absolute atomic E-state index is 12.0. The van der Waals surface area contributed by atoms with E-state index in [-0.39, 0.29) is 43.5 Å². The number of ether oxygens (including phenoxy) is 2. The van der Waals surface area contributed by atoms with Crippen molar-refractivity contribution in [2.75, 3.05) is 13.2 Å². The molecule has 0 saturated carbocycles. The number of carbonyl (C=O) groups is 4. The molecule has 0 radical (unpaired) electrons. The second kappa shape index (κ2) is 13.3. The second-order valence-corrected chi connectivity index (χ2v) is 9.21. The Morgan fingerprint density at radius 1 is 0.750 bits per heavy atom. The number of hydrogen-bond acceptors (Lipinski definition) is 6. The molecule has 1 atom stereocenters. The van der Waals surface area contributed by atoms with E-state index in [0.29, 0.717) is 24.0 Å². The summed E-state index contributed by atoms with van der Waals surface area (Å²) in [5.74, 6) is -1.45. The van der Waals surface area contributed by atoms with E-state index in [1.807, 2.05) is 6.92 Å². The summed E-state index contributed by atoms with van der Waals surface area (Å²) < 4.78 is 11.8. The van der Waals surface area contributed by atoms with Gasteiger partial charge in [0.1, 0.15) is 0 Å². The fourth-order valence-electron chi connectivity index (χ4n) is 2.84. The molecular weight excluding hydrogens is 544 g/mol. The van der Waals surface area contributed by atoms with Gasteiger partial charge in [0.05, 0.1) is 0 Å². The Morgan fingerprint density at radius 2 is 1.19 bits per heavy atom. The normalized spacial score (nSPS) is 11.5. The minimum Gasteiger partial charge on any atom is -0.457 e. The summed E-state index contributed by atoms with van der Waals surface area (Å²) in [6.45, 7) is 1.28. The molecule has 0 fully saturated rings. The maximum atomic E-state index is 12.0. The number of ketones is 2. The zero-order valence-corrected chi connectivity index (χ0v) is 20.8. The van der Waals surface area contributed by atoms with Gasteiger partial charge in [-0.25, -0.2) is 0 Å². The molecule has 0 unspecified atom stereocenters. The van der Waals surface area contributed by atoms with E-state index in [0.717, 1.165) is 8.95 Å². The predicted molar refractivity (Wildman–Crippen MR) is 126 cm³/mol. The highest BCUT2D eigenvalue weighted by Gasteiger charge is 2.15. The van der Waals surface area contributed by atoms with Crippen molar-refractivity contribution >= 4 is 55.4 Å². The van der Waals surface area contributed by atoms with E-state index in [1.165, 1.54) is 0 Å². The lowest BCUT2D eigenvalue weighted by atomic mass is 10.0. The van der Waals surface area contributed by atoms with Crippen molar-refractivity contribution in [3.8, 4) is 0 Å². The standard InChI is InChI=1S/C24H24Br2O6/c1-16(13-24(30)32-15-22(28)18-7-11-20(26)12-8-18)3-2-4-23(29)31-14-21(27)17-5-9-19(25)10-6-17/h5-12,16H,2-4,13-15H2,1H3/t16-/m0/s1. The van der Waals surface area contributed by atoms with E-state index >= 15 is 0 Å². The largest absolute Gasteiger partial charge is 0.457 e. The number of hydrogen-bond donors (Lipinski definition) is 0. The van der Waals surface area contributed by atoms with Crippen molar-refractivity contribution in [3.63, 3.8) is 0 Å². The Balaban J connectivity index is 1.60. The molecule has 32 heavy (non-hydrogen) atoms. The van der Waals surface area contributed by atoms with Crippen molar-refractivity contribution in [1.29, 1.82) is 0 Å². The van der Waals surface area contributed by atoms with Gasteiger partial charge in [0.25, 0.3) is 0 Å². The maximum Gasteiger partial charge on any atom is 0.306 e. The van der Waals surface area contributed by atoms with Crippen LogP contribution in [0.5, 0.6) is 0 Å². The fourth-order valence-corrected chi connectivity index (χ4v) is 3.37. The summed E-state index contributed by atoms with van der Waals surface area (Å²) in [7, 11) is 0. The average molecular weight is 568 g/mol. The van der Waals surface area contributed by atoms with Crippen molar-refractivity contribution in [3.05, 3.63) is 68.6 Å². The Labute approximate surface area is 203 Å². The molecule has 8 heteroatoms. The molecule has 6 nitrogen and oxygen atoms in total. The van der Waals surface area contributed by atoms with E-state index in [4.69, 9.17) is 9.47 Å². The van der Waals surface area contributed by atoms with Crippen LogP contribution in [0, 0.1) is 5.92 Å². The third-order valence-electron chi connectivity index (χ3n) is 4.65. The topological polar surface area (TPSA) is 86.7 Å². The SMILES string of the molecule is C[C@@H](CCCC(=O)OCC(=O)c1ccc(Br)cc1)CC(=O)OCC(=O)c1ccc(Br)cc1. The van der Waals surface area contributed by atoms with Crippen molar-refractivity contribution in [2.45, 2.75) is 32.6 Å². The minimum atomic E-state index is -0.453. The summed E-state index contributed by atoms with van der Waals surface area (Å²) in [4.78, 5) is 47.9. The molecule has 0 aliphatic heterocycles. The van der Waals surface area contributed by atoms with Gasteiger partial charge in [-0.3, -0.25) is 19.2 Å². The molecule has 0 aliphatic rings. The van der Waals surface area contributed by atoms with Crippen molar-refractivity contribution < 1.29 is 28.7 Å². The van der Waals surface area contributed by atoms with E-state index in [9.17, 15) is 19.2 Å². The average Bonchev–Trinajstić information content (AvgIpc) is 2.76. The van der Waals surface area contributed by atoms with Gasteiger partial charge in [0.15, 0.2) is 24.8 Å². The van der Waals surface area contributed by atoms with Gasteiger partial charge in [-0.2, -0.15) is 0 Å². The molecule has 0 aliphatic carbocycles. The summed E-state index contributed by atoms with van der Waals surface area (Å²) in [5, 5.41) is 0. The fraction of sp³-hybridized carbons (Fsp3) is 0.333. The Bertz CT molecular complexity index is 938. The monoisotopic (exact) mass is 566 g/mol. The quantitative estimate of drug-likeness (QED) is 0.246. The highest BCUT2D eigenvalue weighted by molar-refractivity contribution is 9.10. The summed E-state index contributed by atoms with van der Waals surface area (Å²) in [6.07, 6.45) is 1.46. The lowest BCUT2D eigenvalue weighted by Gasteiger charge is -2.11.